The summed E-state index contributed by atoms with van der Waals surface area (Å²) in [6, 6.07) is 29.9. The number of rotatable bonds is 3. The maximum atomic E-state index is 5.05. The van der Waals surface area contributed by atoms with E-state index in [0.29, 0.717) is 0 Å². The zero-order valence-electron chi connectivity index (χ0n) is 14.3. The van der Waals surface area contributed by atoms with Gasteiger partial charge < -0.3 is 12.4 Å². The van der Waals surface area contributed by atoms with Crippen LogP contribution < -0.4 is 12.4 Å². The first-order valence-corrected chi connectivity index (χ1v) is 23.9. The molecule has 0 spiro atoms. The molecule has 0 heterocycles. The SMILES string of the molecule is Cc1ccc([C+](c2ccccc2)c2ccccc2)cc1.[Cl-].[Cl][Sb]([Cl])([Cl])([Cl])[Cl]. The summed E-state index contributed by atoms with van der Waals surface area (Å²) in [6.07, 6.45) is 0. The topological polar surface area (TPSA) is 0 Å². The van der Waals surface area contributed by atoms with E-state index in [2.05, 4.69) is 91.9 Å². The molecule has 0 fully saturated rings. The van der Waals surface area contributed by atoms with Gasteiger partial charge in [-0.2, -0.15) is 0 Å². The van der Waals surface area contributed by atoms with E-state index in [-0.39, 0.29) is 12.4 Å². The zero-order chi connectivity index (χ0) is 19.2. The number of benzene rings is 3. The summed E-state index contributed by atoms with van der Waals surface area (Å²) in [4.78, 5) is 0. The van der Waals surface area contributed by atoms with Gasteiger partial charge in [0.05, 0.1) is 22.6 Å². The van der Waals surface area contributed by atoms with Crippen molar-refractivity contribution in [2.45, 2.75) is 6.92 Å². The third-order valence-corrected chi connectivity index (χ3v) is 3.47. The van der Waals surface area contributed by atoms with Gasteiger partial charge in [-0.1, -0.05) is 12.1 Å². The van der Waals surface area contributed by atoms with E-state index in [1.54, 1.807) is 0 Å². The van der Waals surface area contributed by atoms with Crippen LogP contribution in [0.1, 0.15) is 22.3 Å². The van der Waals surface area contributed by atoms with Crippen LogP contribution in [0.3, 0.4) is 0 Å². The Balaban J connectivity index is 0.000000456. The van der Waals surface area contributed by atoms with Gasteiger partial charge in [-0.3, -0.25) is 0 Å². The van der Waals surface area contributed by atoms with Gasteiger partial charge in [-0.25, -0.2) is 0 Å². The van der Waals surface area contributed by atoms with Gasteiger partial charge in [-0.15, -0.1) is 0 Å². The first-order chi connectivity index (χ1) is 12.1. The molecule has 3 rings (SSSR count). The second kappa shape index (κ2) is 10.7. The van der Waals surface area contributed by atoms with Crippen LogP contribution in [-0.2, 0) is 0 Å². The maximum absolute atomic E-state index is 5.05. The monoisotopic (exact) mass is 588 g/mol. The van der Waals surface area contributed by atoms with Crippen molar-refractivity contribution in [2.24, 2.45) is 0 Å². The Morgan fingerprint density at radius 3 is 1.19 bits per heavy atom. The molecule has 0 unspecified atom stereocenters. The quantitative estimate of drug-likeness (QED) is 0.226. The van der Waals surface area contributed by atoms with Crippen LogP contribution in [0.15, 0.2) is 84.9 Å². The number of aryl methyl sites for hydroxylation is 1. The van der Waals surface area contributed by atoms with Crippen molar-refractivity contribution in [3.63, 3.8) is 0 Å². The van der Waals surface area contributed by atoms with E-state index in [9.17, 15) is 0 Å². The van der Waals surface area contributed by atoms with Gasteiger partial charge in [0.2, 0.25) is 0 Å². The Labute approximate surface area is 186 Å². The van der Waals surface area contributed by atoms with Crippen molar-refractivity contribution in [2.75, 3.05) is 0 Å². The average molecular weight is 592 g/mol. The summed E-state index contributed by atoms with van der Waals surface area (Å²) < 4.78 is 0. The molecule has 0 bridgehead atoms. The van der Waals surface area contributed by atoms with Crippen LogP contribution in [0.25, 0.3) is 0 Å². The minimum absolute atomic E-state index is 0. The fourth-order valence-corrected chi connectivity index (χ4v) is 2.43. The van der Waals surface area contributed by atoms with E-state index < -0.39 is 11.7 Å². The van der Waals surface area contributed by atoms with Gasteiger partial charge in [0.25, 0.3) is 0 Å². The molecule has 0 N–H and O–H groups in total. The summed E-state index contributed by atoms with van der Waals surface area (Å²) in [5.74, 6) is 1.28. The number of hydrogen-bond acceptors (Lipinski definition) is 0. The molecule has 7 heteroatoms. The summed E-state index contributed by atoms with van der Waals surface area (Å²) in [5, 5.41) is 0. The Morgan fingerprint density at radius 1 is 0.556 bits per heavy atom. The van der Waals surface area contributed by atoms with Crippen molar-refractivity contribution in [1.29, 1.82) is 0 Å². The van der Waals surface area contributed by atoms with E-state index in [4.69, 9.17) is 44.1 Å². The standard InChI is InChI=1S/C20H17.6ClH.Sb/c1-16-12-14-19(15-13-16)20(17-8-4-2-5-9-17)18-10-6-3-7-11-18;;;;;;;/h2-15H,1H3;6*1H;/q+1;;;;;;;+5/p-6. The molecule has 0 saturated carbocycles. The molecule has 0 nitrogen and oxygen atoms in total. The second-order valence-electron chi connectivity index (χ2n) is 5.61. The van der Waals surface area contributed by atoms with E-state index >= 15 is 0 Å². The van der Waals surface area contributed by atoms with E-state index in [0.717, 1.165) is 0 Å². The average Bonchev–Trinajstić information content (AvgIpc) is 2.57. The first kappa shape index (κ1) is 25.1. The molecular formula is C20H17Cl6Sb. The van der Waals surface area contributed by atoms with Crippen LogP contribution in [0.2, 0.25) is 0 Å². The summed E-state index contributed by atoms with van der Waals surface area (Å²) >= 11 is -4.33. The molecule has 0 atom stereocenters. The molecule has 0 aromatic heterocycles. The molecular weight excluding hydrogens is 575 g/mol. The van der Waals surface area contributed by atoms with Crippen molar-refractivity contribution in [3.05, 3.63) is 113 Å². The summed E-state index contributed by atoms with van der Waals surface area (Å²) in [5.41, 5.74) is 5.05. The van der Waals surface area contributed by atoms with Gasteiger partial charge >= 0.3 is 55.8 Å². The zero-order valence-corrected chi connectivity index (χ0v) is 21.4. The van der Waals surface area contributed by atoms with E-state index in [1.807, 2.05) is 0 Å². The molecule has 144 valence electrons. The van der Waals surface area contributed by atoms with Crippen molar-refractivity contribution >= 4 is 55.8 Å². The molecule has 0 aliphatic rings. The molecule has 0 aliphatic carbocycles. The fraction of sp³-hybridized carbons (Fsp3) is 0.0500. The Bertz CT molecular complexity index is 755. The van der Waals surface area contributed by atoms with Gasteiger partial charge in [-0.05, 0) is 85.3 Å². The third kappa shape index (κ3) is 10.4. The van der Waals surface area contributed by atoms with Gasteiger partial charge in [0, 0.05) is 0 Å². The number of halogens is 6. The van der Waals surface area contributed by atoms with Crippen molar-refractivity contribution in [3.8, 4) is 0 Å². The fourth-order valence-electron chi connectivity index (χ4n) is 2.43. The molecule has 27 heavy (non-hydrogen) atoms. The Kier molecular flexibility index (Phi) is 10.0. The molecule has 3 aromatic rings. The van der Waals surface area contributed by atoms with Crippen LogP contribution in [0, 0.1) is 12.8 Å². The number of hydrogen-bond donors (Lipinski definition) is 0. The molecule has 0 radical (unpaired) electrons. The van der Waals surface area contributed by atoms with Gasteiger partial charge in [0.15, 0.2) is 0 Å². The normalized spacial score (nSPS) is 11.9. The summed E-state index contributed by atoms with van der Waals surface area (Å²) in [7, 11) is 25.2. The van der Waals surface area contributed by atoms with Crippen molar-refractivity contribution < 1.29 is 12.4 Å². The van der Waals surface area contributed by atoms with Crippen LogP contribution in [0.5, 0.6) is 0 Å². The molecule has 3 aromatic carbocycles. The molecule has 0 aliphatic heterocycles. The molecule has 0 amide bonds. The van der Waals surface area contributed by atoms with Crippen LogP contribution in [0.4, 0.5) is 0 Å². The Morgan fingerprint density at radius 2 is 0.852 bits per heavy atom. The summed E-state index contributed by atoms with van der Waals surface area (Å²) in [6.45, 7) is 2.12. The minimum atomic E-state index is -4.33. The van der Waals surface area contributed by atoms with E-state index in [1.165, 1.54) is 28.2 Å². The van der Waals surface area contributed by atoms with Crippen molar-refractivity contribution in [1.82, 2.24) is 0 Å². The Hall–Kier alpha value is 0.0882. The first-order valence-electron chi connectivity index (χ1n) is 7.74. The predicted octanol–water partition coefficient (Wildman–Crippen LogP) is 5.08. The predicted molar refractivity (Wildman–Crippen MR) is 120 cm³/mol. The second-order valence-corrected chi connectivity index (χ2v) is 43.5. The van der Waals surface area contributed by atoms with Crippen LogP contribution in [-0.4, -0.2) is 11.7 Å². The third-order valence-electron chi connectivity index (χ3n) is 3.47. The van der Waals surface area contributed by atoms with Crippen LogP contribution >= 0.6 is 44.1 Å². The molecule has 0 saturated heterocycles. The van der Waals surface area contributed by atoms with Gasteiger partial charge in [0.1, 0.15) is 0 Å².